The molecule has 0 saturated heterocycles. The number of alkyl halides is 3. The van der Waals surface area contributed by atoms with Gasteiger partial charge in [-0.25, -0.2) is 0 Å². The van der Waals surface area contributed by atoms with Crippen LogP contribution in [0.3, 0.4) is 0 Å². The maximum Gasteiger partial charge on any atom is 0.522 e. The fourth-order valence-corrected chi connectivity index (χ4v) is 0.974. The summed E-state index contributed by atoms with van der Waals surface area (Å²) in [7, 11) is 1.65. The number of nitrogens with one attached hydrogen (secondary N) is 1. The summed E-state index contributed by atoms with van der Waals surface area (Å²) >= 11 is 0. The third-order valence-corrected chi connectivity index (χ3v) is 1.86. The molecule has 4 nitrogen and oxygen atoms in total. The van der Waals surface area contributed by atoms with E-state index < -0.39 is 13.0 Å². The highest BCUT2D eigenvalue weighted by atomic mass is 19.4. The smallest absolute Gasteiger partial charge is 0.387 e. The number of hydrogen-bond donors (Lipinski definition) is 2. The van der Waals surface area contributed by atoms with E-state index in [-0.39, 0.29) is 18.3 Å². The summed E-state index contributed by atoms with van der Waals surface area (Å²) in [6.45, 7) is 1.92. The van der Waals surface area contributed by atoms with Gasteiger partial charge in [0.05, 0.1) is 12.4 Å². The zero-order valence-electron chi connectivity index (χ0n) is 8.77. The van der Waals surface area contributed by atoms with Crippen LogP contribution in [0.1, 0.15) is 6.92 Å². The lowest BCUT2D eigenvalue weighted by Crippen LogP contribution is -2.34. The first-order chi connectivity index (χ1) is 6.72. The molecule has 1 atom stereocenters. The van der Waals surface area contributed by atoms with E-state index in [0.717, 1.165) is 0 Å². The highest BCUT2D eigenvalue weighted by Gasteiger charge is 2.28. The summed E-state index contributed by atoms with van der Waals surface area (Å²) in [6.07, 6.45) is -4.58. The Morgan fingerprint density at radius 3 is 2.47 bits per heavy atom. The Balaban J connectivity index is 3.67. The van der Waals surface area contributed by atoms with Gasteiger partial charge in [-0.3, -0.25) is 10.1 Å². The van der Waals surface area contributed by atoms with Gasteiger partial charge in [-0.1, -0.05) is 6.92 Å². The van der Waals surface area contributed by atoms with Crippen LogP contribution in [0.4, 0.5) is 13.2 Å². The molecule has 0 saturated carbocycles. The summed E-state index contributed by atoms with van der Waals surface area (Å²) in [5.41, 5.74) is 5.23. The van der Waals surface area contributed by atoms with Gasteiger partial charge < -0.3 is 10.6 Å². The summed E-state index contributed by atoms with van der Waals surface area (Å²) < 4.78 is 38.4. The molecule has 90 valence electrons. The van der Waals surface area contributed by atoms with Gasteiger partial charge in [-0.2, -0.15) is 0 Å². The van der Waals surface area contributed by atoms with Crippen molar-refractivity contribution in [3.05, 3.63) is 0 Å². The third kappa shape index (κ3) is 8.19. The predicted molar refractivity (Wildman–Crippen MR) is 50.6 cm³/mol. The Labute approximate surface area is 86.7 Å². The molecule has 0 bridgehead atoms. The Morgan fingerprint density at radius 1 is 1.53 bits per heavy atom. The number of amidine groups is 1. The number of nitrogens with zero attached hydrogens (tertiary/aromatic N) is 1. The molecule has 0 aromatic rings. The Hall–Kier alpha value is -0.820. The SMILES string of the molecule is CC(CN(C)CCOC(F)(F)F)C(=N)N. The molecule has 0 aliphatic heterocycles. The lowest BCUT2D eigenvalue weighted by atomic mass is 10.1. The van der Waals surface area contributed by atoms with Crippen LogP contribution in [-0.2, 0) is 4.74 Å². The first-order valence-corrected chi connectivity index (χ1v) is 4.45. The van der Waals surface area contributed by atoms with Crippen LogP contribution in [0.25, 0.3) is 0 Å². The molecule has 0 heterocycles. The second kappa shape index (κ2) is 5.92. The number of nitrogens with two attached hydrogens (primary N) is 1. The van der Waals surface area contributed by atoms with Crippen LogP contribution < -0.4 is 5.73 Å². The molecule has 7 heteroatoms. The molecule has 0 aliphatic rings. The van der Waals surface area contributed by atoms with Crippen molar-refractivity contribution in [1.29, 1.82) is 5.41 Å². The van der Waals surface area contributed by atoms with Crippen molar-refractivity contribution in [2.75, 3.05) is 26.7 Å². The van der Waals surface area contributed by atoms with Crippen molar-refractivity contribution in [2.45, 2.75) is 13.3 Å². The predicted octanol–water partition coefficient (Wildman–Crippen LogP) is 1.03. The first kappa shape index (κ1) is 14.2. The van der Waals surface area contributed by atoms with Crippen molar-refractivity contribution in [2.24, 2.45) is 11.7 Å². The molecule has 15 heavy (non-hydrogen) atoms. The molecule has 0 aromatic carbocycles. The molecule has 1 unspecified atom stereocenters. The van der Waals surface area contributed by atoms with Crippen molar-refractivity contribution < 1.29 is 17.9 Å². The first-order valence-electron chi connectivity index (χ1n) is 4.45. The summed E-state index contributed by atoms with van der Waals surface area (Å²) in [4.78, 5) is 1.64. The van der Waals surface area contributed by atoms with Crippen LogP contribution in [0.15, 0.2) is 0 Å². The van der Waals surface area contributed by atoms with Crippen molar-refractivity contribution in [1.82, 2.24) is 4.90 Å². The average Bonchev–Trinajstić information content (AvgIpc) is 2.01. The van der Waals surface area contributed by atoms with Crippen LogP contribution in [-0.4, -0.2) is 43.8 Å². The number of rotatable bonds is 6. The van der Waals surface area contributed by atoms with Crippen molar-refractivity contribution in [3.8, 4) is 0 Å². The van der Waals surface area contributed by atoms with E-state index in [9.17, 15) is 13.2 Å². The van der Waals surface area contributed by atoms with Gasteiger partial charge in [-0.05, 0) is 7.05 Å². The molecule has 0 spiro atoms. The van der Waals surface area contributed by atoms with Crippen LogP contribution >= 0.6 is 0 Å². The monoisotopic (exact) mass is 227 g/mol. The Morgan fingerprint density at radius 2 is 2.07 bits per heavy atom. The summed E-state index contributed by atoms with van der Waals surface area (Å²) in [5.74, 6) is -0.139. The van der Waals surface area contributed by atoms with Crippen molar-refractivity contribution in [3.63, 3.8) is 0 Å². The van der Waals surface area contributed by atoms with E-state index in [1.165, 1.54) is 0 Å². The van der Waals surface area contributed by atoms with Crippen LogP contribution in [0, 0.1) is 11.3 Å². The Kier molecular flexibility index (Phi) is 5.59. The standard InChI is InChI=1S/C8H16F3N3O/c1-6(7(12)13)5-14(2)3-4-15-8(9,10)11/h6H,3-5H2,1-2H3,(H3,12,13). The van der Waals surface area contributed by atoms with Gasteiger partial charge in [0, 0.05) is 19.0 Å². The molecule has 0 aliphatic carbocycles. The van der Waals surface area contributed by atoms with Gasteiger partial charge >= 0.3 is 6.36 Å². The summed E-state index contributed by atoms with van der Waals surface area (Å²) in [6, 6.07) is 0. The second-order valence-corrected chi connectivity index (χ2v) is 3.41. The van der Waals surface area contributed by atoms with E-state index in [1.807, 2.05) is 0 Å². The van der Waals surface area contributed by atoms with Gasteiger partial charge in [0.25, 0.3) is 0 Å². The van der Waals surface area contributed by atoms with Crippen LogP contribution in [0.2, 0.25) is 0 Å². The average molecular weight is 227 g/mol. The lowest BCUT2D eigenvalue weighted by molar-refractivity contribution is -0.324. The molecule has 0 fully saturated rings. The quantitative estimate of drug-likeness (QED) is 0.526. The molecular formula is C8H16F3N3O. The van der Waals surface area contributed by atoms with Crippen LogP contribution in [0.5, 0.6) is 0 Å². The minimum Gasteiger partial charge on any atom is -0.387 e. The number of halogens is 3. The zero-order valence-corrected chi connectivity index (χ0v) is 8.77. The van der Waals surface area contributed by atoms with Crippen molar-refractivity contribution >= 4 is 5.84 Å². The molecule has 0 rings (SSSR count). The van der Waals surface area contributed by atoms with Gasteiger partial charge in [0.1, 0.15) is 0 Å². The van der Waals surface area contributed by atoms with E-state index in [4.69, 9.17) is 11.1 Å². The second-order valence-electron chi connectivity index (χ2n) is 3.41. The normalized spacial score (nSPS) is 14.3. The largest absolute Gasteiger partial charge is 0.522 e. The minimum absolute atomic E-state index is 0.0265. The number of ether oxygens (including phenoxy) is 1. The molecule has 3 N–H and O–H groups in total. The molecule has 0 aromatic heterocycles. The maximum absolute atomic E-state index is 11.6. The third-order valence-electron chi connectivity index (χ3n) is 1.86. The lowest BCUT2D eigenvalue weighted by Gasteiger charge is -2.20. The van der Waals surface area contributed by atoms with Gasteiger partial charge in [0.15, 0.2) is 0 Å². The number of likely N-dealkylation sites (N-methyl/N-ethyl adjacent to an activating group) is 1. The van der Waals surface area contributed by atoms with E-state index >= 15 is 0 Å². The van der Waals surface area contributed by atoms with Gasteiger partial charge in [0.2, 0.25) is 0 Å². The van der Waals surface area contributed by atoms with E-state index in [1.54, 1.807) is 18.9 Å². The maximum atomic E-state index is 11.6. The summed E-state index contributed by atoms with van der Waals surface area (Å²) in [5, 5.41) is 7.11. The highest BCUT2D eigenvalue weighted by molar-refractivity contribution is 5.79. The van der Waals surface area contributed by atoms with Gasteiger partial charge in [-0.15, -0.1) is 13.2 Å². The molecule has 0 amide bonds. The molecular weight excluding hydrogens is 211 g/mol. The number of hydrogen-bond acceptors (Lipinski definition) is 3. The minimum atomic E-state index is -4.58. The molecule has 0 radical (unpaired) electrons. The topological polar surface area (TPSA) is 62.3 Å². The van der Waals surface area contributed by atoms with E-state index in [2.05, 4.69) is 4.74 Å². The van der Waals surface area contributed by atoms with E-state index in [0.29, 0.717) is 6.54 Å². The fraction of sp³-hybridized carbons (Fsp3) is 0.875. The Bertz CT molecular complexity index is 208. The highest BCUT2D eigenvalue weighted by Crippen LogP contribution is 2.15. The fourth-order valence-electron chi connectivity index (χ4n) is 0.974. The zero-order chi connectivity index (χ0) is 12.1.